The molecular formula is C17H14O4. The number of hydrogen-bond donors (Lipinski definition) is 0. The van der Waals surface area contributed by atoms with Crippen LogP contribution in [0.5, 0.6) is 23.0 Å². The Balaban J connectivity index is 1.87. The maximum Gasteiger partial charge on any atom is 0.231 e. The summed E-state index contributed by atoms with van der Waals surface area (Å²) in [7, 11) is 3.21. The number of benzene rings is 2. The molecule has 0 bridgehead atoms. The van der Waals surface area contributed by atoms with Crippen LogP contribution in [0.25, 0.3) is 0 Å². The molecule has 0 saturated carbocycles. The van der Waals surface area contributed by atoms with Crippen LogP contribution < -0.4 is 18.9 Å². The molecule has 4 heteroatoms. The van der Waals surface area contributed by atoms with Gasteiger partial charge in [-0.3, -0.25) is 0 Å². The first-order valence-corrected chi connectivity index (χ1v) is 6.44. The highest BCUT2D eigenvalue weighted by Crippen LogP contribution is 2.32. The van der Waals surface area contributed by atoms with Gasteiger partial charge in [0.1, 0.15) is 0 Å². The van der Waals surface area contributed by atoms with Crippen molar-refractivity contribution in [3.8, 4) is 34.8 Å². The van der Waals surface area contributed by atoms with Gasteiger partial charge in [-0.25, -0.2) is 0 Å². The molecule has 0 N–H and O–H groups in total. The third-order valence-corrected chi connectivity index (χ3v) is 3.11. The molecule has 21 heavy (non-hydrogen) atoms. The molecule has 1 aliphatic rings. The largest absolute Gasteiger partial charge is 0.493 e. The summed E-state index contributed by atoms with van der Waals surface area (Å²) in [6.07, 6.45) is 0. The van der Waals surface area contributed by atoms with Crippen LogP contribution in [-0.4, -0.2) is 21.0 Å². The molecule has 1 aliphatic heterocycles. The molecule has 1 heterocycles. The van der Waals surface area contributed by atoms with Crippen molar-refractivity contribution in [3.63, 3.8) is 0 Å². The summed E-state index contributed by atoms with van der Waals surface area (Å²) in [5, 5.41) is 0. The minimum absolute atomic E-state index is 0.266. The molecule has 0 unspecified atom stereocenters. The zero-order valence-corrected chi connectivity index (χ0v) is 11.8. The Hall–Kier alpha value is -2.80. The minimum atomic E-state index is 0.266. The number of ether oxygens (including phenoxy) is 4. The molecule has 106 valence electrons. The highest BCUT2D eigenvalue weighted by molar-refractivity contribution is 5.53. The van der Waals surface area contributed by atoms with Crippen LogP contribution in [-0.2, 0) is 0 Å². The van der Waals surface area contributed by atoms with E-state index in [0.29, 0.717) is 11.5 Å². The van der Waals surface area contributed by atoms with Gasteiger partial charge in [-0.15, -0.1) is 0 Å². The first-order valence-electron chi connectivity index (χ1n) is 6.44. The lowest BCUT2D eigenvalue weighted by Crippen LogP contribution is -1.92. The van der Waals surface area contributed by atoms with Gasteiger partial charge in [0, 0.05) is 11.1 Å². The van der Waals surface area contributed by atoms with E-state index in [1.54, 1.807) is 14.2 Å². The van der Waals surface area contributed by atoms with Gasteiger partial charge < -0.3 is 18.9 Å². The number of fused-ring (bicyclic) bond motifs is 1. The second-order valence-electron chi connectivity index (χ2n) is 4.39. The maximum absolute atomic E-state index is 5.33. The van der Waals surface area contributed by atoms with Gasteiger partial charge in [0.25, 0.3) is 0 Å². The number of methoxy groups -OCH3 is 2. The van der Waals surface area contributed by atoms with E-state index in [-0.39, 0.29) is 6.79 Å². The average molecular weight is 282 g/mol. The Morgan fingerprint density at radius 2 is 1.48 bits per heavy atom. The molecule has 2 aromatic carbocycles. The Morgan fingerprint density at radius 1 is 0.810 bits per heavy atom. The molecule has 0 radical (unpaired) electrons. The summed E-state index contributed by atoms with van der Waals surface area (Å²) in [4.78, 5) is 0. The monoisotopic (exact) mass is 282 g/mol. The van der Waals surface area contributed by atoms with Gasteiger partial charge in [-0.05, 0) is 36.4 Å². The maximum atomic E-state index is 5.33. The molecule has 0 fully saturated rings. The number of hydrogen-bond acceptors (Lipinski definition) is 4. The topological polar surface area (TPSA) is 36.9 Å². The van der Waals surface area contributed by atoms with Crippen LogP contribution in [0.15, 0.2) is 36.4 Å². The Morgan fingerprint density at radius 3 is 2.24 bits per heavy atom. The molecule has 0 aliphatic carbocycles. The molecule has 0 amide bonds. The van der Waals surface area contributed by atoms with E-state index in [0.717, 1.165) is 22.6 Å². The highest BCUT2D eigenvalue weighted by atomic mass is 16.7. The van der Waals surface area contributed by atoms with E-state index in [1.807, 2.05) is 36.4 Å². The van der Waals surface area contributed by atoms with E-state index in [9.17, 15) is 0 Å². The van der Waals surface area contributed by atoms with Crippen molar-refractivity contribution in [2.45, 2.75) is 0 Å². The van der Waals surface area contributed by atoms with Gasteiger partial charge >= 0.3 is 0 Å². The van der Waals surface area contributed by atoms with E-state index < -0.39 is 0 Å². The third kappa shape index (κ3) is 2.72. The van der Waals surface area contributed by atoms with Gasteiger partial charge in [0.2, 0.25) is 6.79 Å². The van der Waals surface area contributed by atoms with E-state index in [1.165, 1.54) is 0 Å². The van der Waals surface area contributed by atoms with Crippen molar-refractivity contribution >= 4 is 0 Å². The van der Waals surface area contributed by atoms with Crippen LogP contribution in [0.3, 0.4) is 0 Å². The Kier molecular flexibility index (Phi) is 3.57. The van der Waals surface area contributed by atoms with Crippen molar-refractivity contribution < 1.29 is 18.9 Å². The number of rotatable bonds is 2. The Labute approximate surface area is 123 Å². The molecule has 0 aromatic heterocycles. The minimum Gasteiger partial charge on any atom is -0.493 e. The summed E-state index contributed by atoms with van der Waals surface area (Å²) in [6, 6.07) is 11.2. The first kappa shape index (κ1) is 13.2. The zero-order chi connectivity index (χ0) is 14.7. The molecular weight excluding hydrogens is 268 g/mol. The van der Waals surface area contributed by atoms with Gasteiger partial charge in [-0.1, -0.05) is 11.8 Å². The molecule has 0 spiro atoms. The molecule has 0 saturated heterocycles. The van der Waals surface area contributed by atoms with Crippen LogP contribution in [0.2, 0.25) is 0 Å². The summed E-state index contributed by atoms with van der Waals surface area (Å²) in [6.45, 7) is 0.266. The lowest BCUT2D eigenvalue weighted by Gasteiger charge is -2.06. The first-order chi connectivity index (χ1) is 10.3. The molecule has 0 atom stereocenters. The van der Waals surface area contributed by atoms with Crippen LogP contribution >= 0.6 is 0 Å². The fourth-order valence-corrected chi connectivity index (χ4v) is 2.03. The summed E-state index contributed by atoms with van der Waals surface area (Å²) < 4.78 is 21.1. The summed E-state index contributed by atoms with van der Waals surface area (Å²) >= 11 is 0. The summed E-state index contributed by atoms with van der Waals surface area (Å²) in [5.74, 6) is 9.03. The van der Waals surface area contributed by atoms with Crippen molar-refractivity contribution in [1.82, 2.24) is 0 Å². The SMILES string of the molecule is COc1ccc(C#Cc2ccc3c(c2)OCO3)cc1OC. The van der Waals surface area contributed by atoms with Gasteiger partial charge in [-0.2, -0.15) is 0 Å². The van der Waals surface area contributed by atoms with Crippen LogP contribution in [0.1, 0.15) is 11.1 Å². The lowest BCUT2D eigenvalue weighted by atomic mass is 10.1. The van der Waals surface area contributed by atoms with Crippen molar-refractivity contribution in [2.24, 2.45) is 0 Å². The fourth-order valence-electron chi connectivity index (χ4n) is 2.03. The van der Waals surface area contributed by atoms with E-state index >= 15 is 0 Å². The normalized spacial score (nSPS) is 11.5. The smallest absolute Gasteiger partial charge is 0.231 e. The van der Waals surface area contributed by atoms with Crippen molar-refractivity contribution in [2.75, 3.05) is 21.0 Å². The van der Waals surface area contributed by atoms with E-state index in [2.05, 4.69) is 11.8 Å². The van der Waals surface area contributed by atoms with Crippen LogP contribution in [0, 0.1) is 11.8 Å². The zero-order valence-electron chi connectivity index (χ0n) is 11.8. The van der Waals surface area contributed by atoms with Gasteiger partial charge in [0.15, 0.2) is 23.0 Å². The van der Waals surface area contributed by atoms with Gasteiger partial charge in [0.05, 0.1) is 14.2 Å². The lowest BCUT2D eigenvalue weighted by molar-refractivity contribution is 0.174. The van der Waals surface area contributed by atoms with E-state index in [4.69, 9.17) is 18.9 Å². The van der Waals surface area contributed by atoms with Crippen molar-refractivity contribution in [1.29, 1.82) is 0 Å². The van der Waals surface area contributed by atoms with Crippen molar-refractivity contribution in [3.05, 3.63) is 47.5 Å². The molecule has 4 nitrogen and oxygen atoms in total. The quantitative estimate of drug-likeness (QED) is 0.794. The van der Waals surface area contributed by atoms with Crippen LogP contribution in [0.4, 0.5) is 0 Å². The Bertz CT molecular complexity index is 725. The average Bonchev–Trinajstić information content (AvgIpc) is 3.00. The molecule has 2 aromatic rings. The third-order valence-electron chi connectivity index (χ3n) is 3.11. The second-order valence-corrected chi connectivity index (χ2v) is 4.39. The fraction of sp³-hybridized carbons (Fsp3) is 0.176. The predicted octanol–water partition coefficient (Wildman–Crippen LogP) is 2.83. The highest BCUT2D eigenvalue weighted by Gasteiger charge is 2.12. The second kappa shape index (κ2) is 5.68. The standard InChI is InChI=1S/C17H14O4/c1-18-14-7-5-12(9-16(14)19-2)3-4-13-6-8-15-17(10-13)21-11-20-15/h5-10H,11H2,1-2H3. The predicted molar refractivity (Wildman–Crippen MR) is 78.1 cm³/mol. The molecule has 3 rings (SSSR count). The summed E-state index contributed by atoms with van der Waals surface area (Å²) in [5.41, 5.74) is 1.72.